The Balaban J connectivity index is 1.10. The van der Waals surface area contributed by atoms with Crippen LogP contribution in [0.15, 0.2) is 79.0 Å². The molecule has 180 valence electrons. The van der Waals surface area contributed by atoms with Crippen molar-refractivity contribution in [2.24, 2.45) is 0 Å². The van der Waals surface area contributed by atoms with Crippen LogP contribution >= 0.6 is 0 Å². The van der Waals surface area contributed by atoms with Gasteiger partial charge >= 0.3 is 0 Å². The number of rotatable bonds is 6. The second-order valence-corrected chi connectivity index (χ2v) is 10.3. The Morgan fingerprint density at radius 1 is 0.829 bits per heavy atom. The van der Waals surface area contributed by atoms with Gasteiger partial charge in [-0.05, 0) is 62.7 Å². The first-order valence-electron chi connectivity index (χ1n) is 12.9. The molecule has 0 spiro atoms. The molecule has 4 aromatic rings. The van der Waals surface area contributed by atoms with Crippen molar-refractivity contribution >= 4 is 22.5 Å². The molecule has 3 heterocycles. The lowest BCUT2D eigenvalue weighted by atomic mass is 9.85. The highest BCUT2D eigenvalue weighted by atomic mass is 15.3. The number of anilines is 2. The Labute approximate surface area is 208 Å². The zero-order valence-corrected chi connectivity index (χ0v) is 20.8. The summed E-state index contributed by atoms with van der Waals surface area (Å²) in [6.45, 7) is 7.23. The quantitative estimate of drug-likeness (QED) is 0.375. The fourth-order valence-electron chi connectivity index (χ4n) is 5.58. The average molecular weight is 466 g/mol. The van der Waals surface area contributed by atoms with Gasteiger partial charge in [-0.3, -0.25) is 4.90 Å². The van der Waals surface area contributed by atoms with E-state index in [1.54, 1.807) is 0 Å². The molecule has 2 aromatic heterocycles. The molecule has 1 aliphatic heterocycles. The number of pyridine rings is 1. The Morgan fingerprint density at radius 2 is 1.54 bits per heavy atom. The molecule has 0 amide bonds. The Hall–Kier alpha value is -3.31. The molecule has 0 unspecified atom stereocenters. The summed E-state index contributed by atoms with van der Waals surface area (Å²) in [5.74, 6) is 1.11. The van der Waals surface area contributed by atoms with Gasteiger partial charge in [-0.25, -0.2) is 4.98 Å². The van der Waals surface area contributed by atoms with Gasteiger partial charge in [-0.2, -0.15) is 0 Å². The molecule has 2 aromatic carbocycles. The lowest BCUT2D eigenvalue weighted by Crippen LogP contribution is -2.46. The first kappa shape index (κ1) is 22.2. The Bertz CT molecular complexity index is 1270. The third kappa shape index (κ3) is 4.53. The molecule has 6 rings (SSSR count). The Kier molecular flexibility index (Phi) is 5.95. The first-order chi connectivity index (χ1) is 17.1. The van der Waals surface area contributed by atoms with Gasteiger partial charge in [-0.15, -0.1) is 0 Å². The Morgan fingerprint density at radius 3 is 2.29 bits per heavy atom. The van der Waals surface area contributed by atoms with E-state index in [4.69, 9.17) is 4.98 Å². The van der Waals surface area contributed by atoms with Crippen LogP contribution in [0.5, 0.6) is 0 Å². The molecule has 1 aliphatic carbocycles. The maximum absolute atomic E-state index is 5.17. The third-order valence-electron chi connectivity index (χ3n) is 7.93. The van der Waals surface area contributed by atoms with Crippen LogP contribution in [0.1, 0.15) is 30.0 Å². The molecule has 2 fully saturated rings. The van der Waals surface area contributed by atoms with E-state index in [0.29, 0.717) is 12.1 Å². The predicted molar refractivity (Wildman–Crippen MR) is 145 cm³/mol. The number of benzene rings is 2. The van der Waals surface area contributed by atoms with Gasteiger partial charge in [0.1, 0.15) is 11.5 Å². The topological polar surface area (TPSA) is 27.5 Å². The molecule has 1 saturated carbocycles. The predicted octanol–water partition coefficient (Wildman–Crippen LogP) is 5.51. The van der Waals surface area contributed by atoms with Crippen LogP contribution in [-0.4, -0.2) is 53.7 Å². The minimum atomic E-state index is 0.539. The molecule has 35 heavy (non-hydrogen) atoms. The van der Waals surface area contributed by atoms with E-state index in [2.05, 4.69) is 112 Å². The fraction of sp³-hybridized carbons (Fsp3) is 0.367. The van der Waals surface area contributed by atoms with E-state index in [9.17, 15) is 0 Å². The number of nitrogens with zero attached hydrogens (tertiary/aromatic N) is 5. The van der Waals surface area contributed by atoms with Crippen molar-refractivity contribution < 1.29 is 0 Å². The van der Waals surface area contributed by atoms with Crippen molar-refractivity contribution in [3.8, 4) is 0 Å². The highest BCUT2D eigenvalue weighted by Gasteiger charge is 2.34. The zero-order valence-electron chi connectivity index (χ0n) is 20.8. The van der Waals surface area contributed by atoms with Gasteiger partial charge in [0, 0.05) is 62.1 Å². The van der Waals surface area contributed by atoms with E-state index in [1.807, 2.05) is 0 Å². The van der Waals surface area contributed by atoms with Gasteiger partial charge in [0.05, 0.1) is 0 Å². The van der Waals surface area contributed by atoms with Crippen molar-refractivity contribution in [1.29, 1.82) is 0 Å². The molecule has 1 saturated heterocycles. The van der Waals surface area contributed by atoms with E-state index in [0.717, 1.165) is 44.2 Å². The minimum Gasteiger partial charge on any atom is -0.368 e. The van der Waals surface area contributed by atoms with Crippen LogP contribution in [0.4, 0.5) is 11.5 Å². The molecule has 2 aliphatic rings. The van der Waals surface area contributed by atoms with Crippen LogP contribution in [-0.2, 0) is 6.54 Å². The van der Waals surface area contributed by atoms with Crippen LogP contribution in [0.25, 0.3) is 11.0 Å². The summed E-state index contributed by atoms with van der Waals surface area (Å²) < 4.78 is 2.42. The normalized spacial score (nSPS) is 20.4. The average Bonchev–Trinajstić information content (AvgIpc) is 3.27. The van der Waals surface area contributed by atoms with Crippen molar-refractivity contribution in [1.82, 2.24) is 14.5 Å². The van der Waals surface area contributed by atoms with E-state index in [-0.39, 0.29) is 0 Å². The van der Waals surface area contributed by atoms with Gasteiger partial charge in [0.15, 0.2) is 0 Å². The number of fused-ring (bicyclic) bond motifs is 1. The standard InChI is InChI=1S/C30H35N5/c1-23-8-11-26(12-9-23)33-16-18-34(19-17-33)29-13-10-25-14-15-35(30(25)31-29)28-20-27(21-28)32(2)22-24-6-4-3-5-7-24/h3-15,27-28H,16-22H2,1-2H3/t27-,28-. The van der Waals surface area contributed by atoms with Crippen molar-refractivity contribution in [2.45, 2.75) is 38.4 Å². The van der Waals surface area contributed by atoms with Crippen molar-refractivity contribution in [2.75, 3.05) is 43.0 Å². The highest BCUT2D eigenvalue weighted by molar-refractivity contribution is 5.78. The molecule has 0 bridgehead atoms. The van der Waals surface area contributed by atoms with Crippen LogP contribution in [0, 0.1) is 6.92 Å². The summed E-state index contributed by atoms with van der Waals surface area (Å²) >= 11 is 0. The van der Waals surface area contributed by atoms with E-state index in [1.165, 1.54) is 35.0 Å². The molecular weight excluding hydrogens is 430 g/mol. The first-order valence-corrected chi connectivity index (χ1v) is 12.9. The van der Waals surface area contributed by atoms with E-state index >= 15 is 0 Å². The largest absolute Gasteiger partial charge is 0.368 e. The molecule has 5 heteroatoms. The number of aryl methyl sites for hydroxylation is 1. The number of hydrogen-bond acceptors (Lipinski definition) is 4. The lowest BCUT2D eigenvalue weighted by Gasteiger charge is -2.42. The SMILES string of the molecule is Cc1ccc(N2CCN(c3ccc4ccn([C@H]5C[C@H](N(C)Cc6ccccc6)C5)c4n3)CC2)cc1. The summed E-state index contributed by atoms with van der Waals surface area (Å²) in [5, 5.41) is 1.24. The number of piperazine rings is 1. The second-order valence-electron chi connectivity index (χ2n) is 10.3. The summed E-state index contributed by atoms with van der Waals surface area (Å²) in [6.07, 6.45) is 4.62. The lowest BCUT2D eigenvalue weighted by molar-refractivity contribution is 0.102. The van der Waals surface area contributed by atoms with Gasteiger partial charge < -0.3 is 14.4 Å². The summed E-state index contributed by atoms with van der Waals surface area (Å²) in [5.41, 5.74) is 5.16. The third-order valence-corrected chi connectivity index (χ3v) is 7.93. The summed E-state index contributed by atoms with van der Waals surface area (Å²) in [7, 11) is 2.26. The van der Waals surface area contributed by atoms with Crippen LogP contribution in [0.3, 0.4) is 0 Å². The molecule has 0 radical (unpaired) electrons. The number of aromatic nitrogens is 2. The molecule has 0 N–H and O–H groups in total. The molecule has 0 atom stereocenters. The van der Waals surface area contributed by atoms with Gasteiger partial charge in [0.2, 0.25) is 0 Å². The summed E-state index contributed by atoms with van der Waals surface area (Å²) in [4.78, 5) is 12.6. The molecular formula is C30H35N5. The highest BCUT2D eigenvalue weighted by Crippen LogP contribution is 2.38. The van der Waals surface area contributed by atoms with Crippen LogP contribution < -0.4 is 9.80 Å². The van der Waals surface area contributed by atoms with Crippen molar-refractivity contribution in [3.63, 3.8) is 0 Å². The van der Waals surface area contributed by atoms with Crippen molar-refractivity contribution in [3.05, 3.63) is 90.1 Å². The summed E-state index contributed by atoms with van der Waals surface area (Å²) in [6, 6.07) is 27.5. The maximum atomic E-state index is 5.17. The monoisotopic (exact) mass is 465 g/mol. The van der Waals surface area contributed by atoms with Crippen LogP contribution in [0.2, 0.25) is 0 Å². The second kappa shape index (κ2) is 9.38. The zero-order chi connectivity index (χ0) is 23.8. The van der Waals surface area contributed by atoms with E-state index < -0.39 is 0 Å². The van der Waals surface area contributed by atoms with Gasteiger partial charge in [-0.1, -0.05) is 48.0 Å². The minimum absolute atomic E-state index is 0.539. The fourth-order valence-corrected chi connectivity index (χ4v) is 5.58. The maximum Gasteiger partial charge on any atom is 0.142 e. The smallest absolute Gasteiger partial charge is 0.142 e. The molecule has 5 nitrogen and oxygen atoms in total. The number of hydrogen-bond donors (Lipinski definition) is 0. The van der Waals surface area contributed by atoms with Gasteiger partial charge in [0.25, 0.3) is 0 Å².